The van der Waals surface area contributed by atoms with Gasteiger partial charge in [-0.25, -0.2) is 4.98 Å². The summed E-state index contributed by atoms with van der Waals surface area (Å²) in [4.78, 5) is 22.6. The zero-order valence-electron chi connectivity index (χ0n) is 14.4. The summed E-state index contributed by atoms with van der Waals surface area (Å²) in [6.07, 6.45) is 2.33. The fraction of sp³-hybridized carbons (Fsp3) is 0.588. The first kappa shape index (κ1) is 16.7. The zero-order valence-corrected chi connectivity index (χ0v) is 15.2. The molecule has 0 unspecified atom stereocenters. The molecule has 0 saturated carbocycles. The molecule has 0 spiro atoms. The molecule has 0 N–H and O–H groups in total. The number of aryl methyl sites for hydroxylation is 1. The SMILES string of the molecule is Cc1ncsc1CN1Cc2ccnn2[C@H](CC(=O)N2CCOCC2)C1. The van der Waals surface area contributed by atoms with E-state index in [-0.39, 0.29) is 11.9 Å². The van der Waals surface area contributed by atoms with Crippen LogP contribution in [0.4, 0.5) is 0 Å². The van der Waals surface area contributed by atoms with E-state index in [1.54, 1.807) is 11.3 Å². The standard InChI is InChI=1S/C17H23N5O2S/c1-13-16(25-12-18-13)11-20-9-14-2-3-19-22(14)15(10-20)8-17(23)21-4-6-24-7-5-21/h2-3,12,15H,4-11H2,1H3/t15-/m1/s1. The number of carbonyl (C=O) groups is 1. The van der Waals surface area contributed by atoms with E-state index in [0.717, 1.165) is 25.3 Å². The van der Waals surface area contributed by atoms with Gasteiger partial charge in [-0.1, -0.05) is 0 Å². The van der Waals surface area contributed by atoms with Crippen LogP contribution in [0.3, 0.4) is 0 Å². The van der Waals surface area contributed by atoms with Crippen LogP contribution < -0.4 is 0 Å². The quantitative estimate of drug-likeness (QED) is 0.825. The molecule has 1 fully saturated rings. The van der Waals surface area contributed by atoms with Gasteiger partial charge in [0.05, 0.1) is 42.6 Å². The highest BCUT2D eigenvalue weighted by Gasteiger charge is 2.29. The van der Waals surface area contributed by atoms with Crippen LogP contribution >= 0.6 is 11.3 Å². The van der Waals surface area contributed by atoms with Gasteiger partial charge in [-0.3, -0.25) is 14.4 Å². The van der Waals surface area contributed by atoms with E-state index >= 15 is 0 Å². The molecule has 0 bridgehead atoms. The van der Waals surface area contributed by atoms with Gasteiger partial charge in [0.25, 0.3) is 0 Å². The fourth-order valence-corrected chi connectivity index (χ4v) is 4.38. The summed E-state index contributed by atoms with van der Waals surface area (Å²) >= 11 is 1.70. The highest BCUT2D eigenvalue weighted by atomic mass is 32.1. The number of fused-ring (bicyclic) bond motifs is 1. The van der Waals surface area contributed by atoms with Gasteiger partial charge in [0.1, 0.15) is 0 Å². The molecular weight excluding hydrogens is 338 g/mol. The Hall–Kier alpha value is -1.77. The third-order valence-electron chi connectivity index (χ3n) is 4.94. The molecule has 0 aromatic carbocycles. The molecule has 1 saturated heterocycles. The lowest BCUT2D eigenvalue weighted by Crippen LogP contribution is -2.44. The van der Waals surface area contributed by atoms with Crippen LogP contribution in [0.1, 0.15) is 28.7 Å². The molecule has 4 rings (SSSR count). The highest BCUT2D eigenvalue weighted by molar-refractivity contribution is 7.09. The highest BCUT2D eigenvalue weighted by Crippen LogP contribution is 2.26. The van der Waals surface area contributed by atoms with Crippen LogP contribution in [-0.2, 0) is 22.6 Å². The maximum absolute atomic E-state index is 12.7. The van der Waals surface area contributed by atoms with E-state index in [0.29, 0.717) is 32.7 Å². The monoisotopic (exact) mass is 361 g/mol. The molecule has 8 heteroatoms. The predicted molar refractivity (Wildman–Crippen MR) is 94.2 cm³/mol. The summed E-state index contributed by atoms with van der Waals surface area (Å²) in [6.45, 7) is 7.30. The van der Waals surface area contributed by atoms with Crippen LogP contribution in [0.5, 0.6) is 0 Å². The average Bonchev–Trinajstić information content (AvgIpc) is 3.25. The number of aromatic nitrogens is 3. The predicted octanol–water partition coefficient (Wildman–Crippen LogP) is 1.45. The Morgan fingerprint density at radius 2 is 2.24 bits per heavy atom. The number of hydrogen-bond acceptors (Lipinski definition) is 6. The molecule has 7 nitrogen and oxygen atoms in total. The Labute approximate surface area is 151 Å². The zero-order chi connectivity index (χ0) is 17.2. The number of hydrogen-bond donors (Lipinski definition) is 0. The summed E-state index contributed by atoms with van der Waals surface area (Å²) in [7, 11) is 0. The van der Waals surface area contributed by atoms with Crippen molar-refractivity contribution in [2.24, 2.45) is 0 Å². The van der Waals surface area contributed by atoms with Crippen molar-refractivity contribution in [3.63, 3.8) is 0 Å². The minimum Gasteiger partial charge on any atom is -0.378 e. The normalized spacial score (nSPS) is 21.3. The van der Waals surface area contributed by atoms with Gasteiger partial charge >= 0.3 is 0 Å². The molecule has 1 amide bonds. The number of thiazole rings is 1. The number of carbonyl (C=O) groups excluding carboxylic acids is 1. The Balaban J connectivity index is 1.47. The number of amides is 1. The van der Waals surface area contributed by atoms with Crippen molar-refractivity contribution in [1.29, 1.82) is 0 Å². The summed E-state index contributed by atoms with van der Waals surface area (Å²) in [5, 5.41) is 4.47. The van der Waals surface area contributed by atoms with Crippen molar-refractivity contribution in [3.05, 3.63) is 34.0 Å². The third-order valence-corrected chi connectivity index (χ3v) is 5.86. The lowest BCUT2D eigenvalue weighted by molar-refractivity contribution is -0.136. The summed E-state index contributed by atoms with van der Waals surface area (Å²) in [5.74, 6) is 0.200. The van der Waals surface area contributed by atoms with Crippen LogP contribution in [-0.4, -0.2) is 63.3 Å². The number of rotatable bonds is 4. The van der Waals surface area contributed by atoms with E-state index in [4.69, 9.17) is 4.74 Å². The molecular formula is C17H23N5O2S. The molecule has 0 aliphatic carbocycles. The Morgan fingerprint density at radius 3 is 3.00 bits per heavy atom. The summed E-state index contributed by atoms with van der Waals surface area (Å²) in [6, 6.07) is 2.14. The van der Waals surface area contributed by atoms with Gasteiger partial charge in [0.15, 0.2) is 0 Å². The van der Waals surface area contributed by atoms with Crippen molar-refractivity contribution in [1.82, 2.24) is 24.6 Å². The largest absolute Gasteiger partial charge is 0.378 e. The molecule has 4 heterocycles. The lowest BCUT2D eigenvalue weighted by Gasteiger charge is -2.35. The van der Waals surface area contributed by atoms with Crippen molar-refractivity contribution < 1.29 is 9.53 Å². The summed E-state index contributed by atoms with van der Waals surface area (Å²) < 4.78 is 7.38. The van der Waals surface area contributed by atoms with E-state index in [1.807, 2.05) is 21.3 Å². The van der Waals surface area contributed by atoms with Crippen LogP contribution in [0.2, 0.25) is 0 Å². The van der Waals surface area contributed by atoms with Crippen LogP contribution in [0.25, 0.3) is 0 Å². The van der Waals surface area contributed by atoms with E-state index in [2.05, 4.69) is 28.0 Å². The molecule has 2 aliphatic rings. The maximum atomic E-state index is 12.7. The fourth-order valence-electron chi connectivity index (χ4n) is 3.56. The molecule has 0 radical (unpaired) electrons. The van der Waals surface area contributed by atoms with Crippen molar-refractivity contribution in [2.45, 2.75) is 32.5 Å². The molecule has 2 aromatic rings. The van der Waals surface area contributed by atoms with Gasteiger partial charge < -0.3 is 9.64 Å². The Morgan fingerprint density at radius 1 is 1.40 bits per heavy atom. The molecule has 1 atom stereocenters. The maximum Gasteiger partial charge on any atom is 0.224 e. The third kappa shape index (κ3) is 3.61. The first-order valence-corrected chi connectivity index (χ1v) is 9.58. The number of ether oxygens (including phenoxy) is 1. The smallest absolute Gasteiger partial charge is 0.224 e. The van der Waals surface area contributed by atoms with Gasteiger partial charge in [-0.05, 0) is 13.0 Å². The second-order valence-electron chi connectivity index (χ2n) is 6.65. The first-order valence-electron chi connectivity index (χ1n) is 8.70. The number of morpholine rings is 1. The summed E-state index contributed by atoms with van der Waals surface area (Å²) in [5.41, 5.74) is 4.18. The van der Waals surface area contributed by atoms with E-state index in [9.17, 15) is 4.79 Å². The van der Waals surface area contributed by atoms with Crippen LogP contribution in [0, 0.1) is 6.92 Å². The van der Waals surface area contributed by atoms with E-state index in [1.165, 1.54) is 10.6 Å². The molecule has 134 valence electrons. The Bertz CT molecular complexity index is 737. The lowest BCUT2D eigenvalue weighted by atomic mass is 10.1. The molecule has 2 aromatic heterocycles. The molecule has 25 heavy (non-hydrogen) atoms. The van der Waals surface area contributed by atoms with Crippen molar-refractivity contribution in [3.8, 4) is 0 Å². The molecule has 2 aliphatic heterocycles. The minimum atomic E-state index is 0.0855. The van der Waals surface area contributed by atoms with Crippen molar-refractivity contribution in [2.75, 3.05) is 32.8 Å². The van der Waals surface area contributed by atoms with Gasteiger partial charge in [0, 0.05) is 43.8 Å². The topological polar surface area (TPSA) is 63.5 Å². The van der Waals surface area contributed by atoms with Gasteiger partial charge in [0.2, 0.25) is 5.91 Å². The van der Waals surface area contributed by atoms with Crippen LogP contribution in [0.15, 0.2) is 17.8 Å². The Kier molecular flexibility index (Phi) is 4.82. The first-order chi connectivity index (χ1) is 12.2. The second-order valence-corrected chi connectivity index (χ2v) is 7.59. The number of nitrogens with zero attached hydrogens (tertiary/aromatic N) is 5. The van der Waals surface area contributed by atoms with Gasteiger partial charge in [-0.2, -0.15) is 5.10 Å². The van der Waals surface area contributed by atoms with Crippen molar-refractivity contribution >= 4 is 17.2 Å². The second kappa shape index (κ2) is 7.23. The average molecular weight is 361 g/mol. The van der Waals surface area contributed by atoms with E-state index < -0.39 is 0 Å². The van der Waals surface area contributed by atoms with Gasteiger partial charge in [-0.15, -0.1) is 11.3 Å². The minimum absolute atomic E-state index is 0.0855.